The van der Waals surface area contributed by atoms with Crippen LogP contribution >= 0.6 is 34.8 Å². The van der Waals surface area contributed by atoms with Crippen LogP contribution in [0.3, 0.4) is 0 Å². The third-order valence-corrected chi connectivity index (χ3v) is 5.20. The van der Waals surface area contributed by atoms with E-state index in [9.17, 15) is 9.59 Å². The molecule has 0 aliphatic heterocycles. The van der Waals surface area contributed by atoms with E-state index in [4.69, 9.17) is 39.5 Å². The molecule has 1 heterocycles. The molecule has 0 amide bonds. The molecule has 0 saturated carbocycles. The van der Waals surface area contributed by atoms with Crippen LogP contribution in [0.1, 0.15) is 31.9 Å². The number of H-pyrrole nitrogens is 1. The first-order valence-corrected chi connectivity index (χ1v) is 9.94. The molecule has 0 saturated heterocycles. The normalized spacial score (nSPS) is 11.5. The van der Waals surface area contributed by atoms with Gasteiger partial charge in [-0.25, -0.2) is 4.79 Å². The Bertz CT molecular complexity index is 1140. The second kappa shape index (κ2) is 8.27. The highest BCUT2D eigenvalue weighted by Gasteiger charge is 2.15. The molecule has 29 heavy (non-hydrogen) atoms. The fourth-order valence-electron chi connectivity index (χ4n) is 2.76. The summed E-state index contributed by atoms with van der Waals surface area (Å²) < 4.78 is 7.08. The number of ether oxygens (including phenoxy) is 1. The molecule has 0 atom stereocenters. The highest BCUT2D eigenvalue weighted by molar-refractivity contribution is 6.37. The Balaban J connectivity index is 1.87. The molecule has 1 N–H and O–H groups in total. The minimum absolute atomic E-state index is 0.0188. The second-order valence-electron chi connectivity index (χ2n) is 7.61. The van der Waals surface area contributed by atoms with Crippen LogP contribution in [0.4, 0.5) is 0 Å². The summed E-state index contributed by atoms with van der Waals surface area (Å²) in [6.07, 6.45) is 0. The number of benzene rings is 2. The van der Waals surface area contributed by atoms with Crippen LogP contribution in [0.15, 0.2) is 52.1 Å². The zero-order valence-electron chi connectivity index (χ0n) is 16.1. The molecule has 8 heteroatoms. The predicted octanol–water partition coefficient (Wildman–Crippen LogP) is 5.63. The van der Waals surface area contributed by atoms with Gasteiger partial charge in [0.15, 0.2) is 5.75 Å². The highest BCUT2D eigenvalue weighted by atomic mass is 35.5. The Kier molecular flexibility index (Phi) is 6.13. The van der Waals surface area contributed by atoms with E-state index in [-0.39, 0.29) is 17.1 Å². The molecule has 0 unspecified atom stereocenters. The van der Waals surface area contributed by atoms with Crippen molar-refractivity contribution in [2.75, 3.05) is 0 Å². The van der Waals surface area contributed by atoms with Crippen LogP contribution in [-0.2, 0) is 12.0 Å². The van der Waals surface area contributed by atoms with Crippen LogP contribution in [-0.4, -0.2) is 9.55 Å². The van der Waals surface area contributed by atoms with Crippen LogP contribution in [0.2, 0.25) is 15.2 Å². The van der Waals surface area contributed by atoms with Gasteiger partial charge in [0, 0.05) is 6.07 Å². The quantitative estimate of drug-likeness (QED) is 0.520. The van der Waals surface area contributed by atoms with Crippen molar-refractivity contribution in [2.45, 2.75) is 32.7 Å². The third-order valence-electron chi connectivity index (χ3n) is 4.32. The minimum Gasteiger partial charge on any atom is -0.454 e. The Labute approximate surface area is 182 Å². The number of halogens is 3. The van der Waals surface area contributed by atoms with Gasteiger partial charge in [-0.2, -0.15) is 0 Å². The maximum Gasteiger partial charge on any atom is 0.329 e. The van der Waals surface area contributed by atoms with Crippen LogP contribution in [0.5, 0.6) is 11.5 Å². The van der Waals surface area contributed by atoms with E-state index in [1.165, 1.54) is 10.1 Å². The number of hydrogen-bond donors (Lipinski definition) is 1. The van der Waals surface area contributed by atoms with Crippen molar-refractivity contribution in [3.05, 3.63) is 89.6 Å². The van der Waals surface area contributed by atoms with Crippen LogP contribution in [0, 0.1) is 0 Å². The summed E-state index contributed by atoms with van der Waals surface area (Å²) in [6.45, 7) is 6.49. The smallest absolute Gasteiger partial charge is 0.329 e. The summed E-state index contributed by atoms with van der Waals surface area (Å²) in [4.78, 5) is 25.4. The lowest BCUT2D eigenvalue weighted by molar-refractivity contribution is 0.481. The van der Waals surface area contributed by atoms with E-state index in [1.807, 2.05) is 24.3 Å². The molecule has 0 radical (unpaired) electrons. The van der Waals surface area contributed by atoms with Crippen molar-refractivity contribution >= 4 is 34.8 Å². The summed E-state index contributed by atoms with van der Waals surface area (Å²) >= 11 is 18.7. The molecule has 3 aromatic rings. The number of hydrogen-bond acceptors (Lipinski definition) is 3. The molecular formula is C21H19Cl3N2O3. The lowest BCUT2D eigenvalue weighted by atomic mass is 9.87. The first kappa shape index (κ1) is 21.5. The molecule has 3 rings (SSSR count). The summed E-state index contributed by atoms with van der Waals surface area (Å²) in [6, 6.07) is 12.1. The third kappa shape index (κ3) is 5.04. The predicted molar refractivity (Wildman–Crippen MR) is 117 cm³/mol. The van der Waals surface area contributed by atoms with Crippen molar-refractivity contribution in [3.8, 4) is 11.5 Å². The molecule has 0 aliphatic carbocycles. The fourth-order valence-corrected chi connectivity index (χ4v) is 3.61. The van der Waals surface area contributed by atoms with Gasteiger partial charge in [-0.3, -0.25) is 14.3 Å². The van der Waals surface area contributed by atoms with Gasteiger partial charge in [-0.15, -0.1) is 0 Å². The fraction of sp³-hybridized carbons (Fsp3) is 0.238. The summed E-state index contributed by atoms with van der Waals surface area (Å²) in [7, 11) is 0. The maximum atomic E-state index is 12.0. The zero-order chi connectivity index (χ0) is 21.3. The van der Waals surface area contributed by atoms with E-state index in [1.54, 1.807) is 12.1 Å². The van der Waals surface area contributed by atoms with Crippen molar-refractivity contribution in [3.63, 3.8) is 0 Å². The Hall–Kier alpha value is -2.21. The summed E-state index contributed by atoms with van der Waals surface area (Å²) in [5, 5.41) is 0.604. The molecule has 152 valence electrons. The molecule has 0 spiro atoms. The van der Waals surface area contributed by atoms with Gasteiger partial charge < -0.3 is 4.74 Å². The van der Waals surface area contributed by atoms with Gasteiger partial charge in [0.05, 0.1) is 16.6 Å². The van der Waals surface area contributed by atoms with Crippen LogP contribution in [0.25, 0.3) is 0 Å². The number of aromatic amines is 1. The average molecular weight is 454 g/mol. The van der Waals surface area contributed by atoms with E-state index in [0.717, 1.165) is 6.07 Å². The second-order valence-corrected chi connectivity index (χ2v) is 8.81. The Morgan fingerprint density at radius 2 is 1.55 bits per heavy atom. The molecule has 1 aromatic heterocycles. The number of nitrogens with one attached hydrogen (secondary N) is 1. The van der Waals surface area contributed by atoms with E-state index in [0.29, 0.717) is 27.1 Å². The molecule has 0 fully saturated rings. The maximum absolute atomic E-state index is 12.0. The lowest BCUT2D eigenvalue weighted by Crippen LogP contribution is -2.30. The standard InChI is InChI=1S/C21H19Cl3N2O3/c1-21(2,3)13-4-6-14(7-5-13)29-19-15(22)8-12(9-16(19)23)11-26-17(24)10-18(27)25-20(26)28/h4-10H,11H2,1-3H3,(H,25,27,28). The monoisotopic (exact) mass is 452 g/mol. The SMILES string of the molecule is CC(C)(C)c1ccc(Oc2c(Cl)cc(Cn3c(Cl)cc(=O)[nH]c3=O)cc2Cl)cc1. The Morgan fingerprint density at radius 1 is 0.966 bits per heavy atom. The number of aromatic nitrogens is 2. The molecular weight excluding hydrogens is 435 g/mol. The molecule has 0 bridgehead atoms. The molecule has 2 aromatic carbocycles. The van der Waals surface area contributed by atoms with Crippen molar-refractivity contribution in [1.29, 1.82) is 0 Å². The van der Waals surface area contributed by atoms with Crippen molar-refractivity contribution in [1.82, 2.24) is 9.55 Å². The van der Waals surface area contributed by atoms with E-state index in [2.05, 4.69) is 25.8 Å². The topological polar surface area (TPSA) is 64.1 Å². The van der Waals surface area contributed by atoms with Gasteiger partial charge in [0.25, 0.3) is 5.56 Å². The summed E-state index contributed by atoms with van der Waals surface area (Å²) in [5.74, 6) is 0.926. The number of rotatable bonds is 4. The van der Waals surface area contributed by atoms with Gasteiger partial charge in [-0.05, 0) is 40.8 Å². The van der Waals surface area contributed by atoms with Gasteiger partial charge in [-0.1, -0.05) is 67.7 Å². The first-order chi connectivity index (χ1) is 13.5. The van der Waals surface area contributed by atoms with Crippen LogP contribution < -0.4 is 16.0 Å². The molecule has 5 nitrogen and oxygen atoms in total. The first-order valence-electron chi connectivity index (χ1n) is 8.80. The highest BCUT2D eigenvalue weighted by Crippen LogP contribution is 2.38. The van der Waals surface area contributed by atoms with Gasteiger partial charge in [0.1, 0.15) is 10.9 Å². The van der Waals surface area contributed by atoms with E-state index < -0.39 is 11.2 Å². The largest absolute Gasteiger partial charge is 0.454 e. The van der Waals surface area contributed by atoms with Crippen molar-refractivity contribution in [2.24, 2.45) is 0 Å². The van der Waals surface area contributed by atoms with Gasteiger partial charge >= 0.3 is 5.69 Å². The average Bonchev–Trinajstić information content (AvgIpc) is 2.61. The number of nitrogens with zero attached hydrogens (tertiary/aromatic N) is 1. The minimum atomic E-state index is -0.617. The molecule has 0 aliphatic rings. The zero-order valence-corrected chi connectivity index (χ0v) is 18.3. The lowest BCUT2D eigenvalue weighted by Gasteiger charge is -2.19. The van der Waals surface area contributed by atoms with E-state index >= 15 is 0 Å². The Morgan fingerprint density at radius 3 is 2.07 bits per heavy atom. The summed E-state index contributed by atoms with van der Waals surface area (Å²) in [5.41, 5.74) is 0.672. The van der Waals surface area contributed by atoms with Crippen molar-refractivity contribution < 1.29 is 4.74 Å². The van der Waals surface area contributed by atoms with Gasteiger partial charge in [0.2, 0.25) is 0 Å².